The summed E-state index contributed by atoms with van der Waals surface area (Å²) in [7, 11) is 0. The Bertz CT molecular complexity index is 324. The maximum atomic E-state index is 9.61. The Hall–Kier alpha value is -1.22. The molecule has 0 radical (unpaired) electrons. The second-order valence-electron chi connectivity index (χ2n) is 3.71. The van der Waals surface area contributed by atoms with Crippen molar-refractivity contribution in [2.45, 2.75) is 26.4 Å². The Morgan fingerprint density at radius 3 is 2.08 bits per heavy atom. The molecule has 0 aliphatic heterocycles. The van der Waals surface area contributed by atoms with E-state index >= 15 is 0 Å². The zero-order valence-corrected chi connectivity index (χ0v) is 8.00. The molecule has 0 aromatic heterocycles. The molecule has 13 heavy (non-hydrogen) atoms. The number of hydrogen-bond acceptors (Lipinski definition) is 3. The minimum Gasteiger partial charge on any atom is -0.508 e. The number of rotatable bonds is 1. The van der Waals surface area contributed by atoms with Gasteiger partial charge in [-0.2, -0.15) is 0 Å². The molecule has 0 atom stereocenters. The molecule has 0 saturated heterocycles. The average Bonchev–Trinajstić information content (AvgIpc) is 1.94. The predicted octanol–water partition coefficient (Wildman–Crippen LogP) is 1.63. The molecule has 1 rings (SSSR count). The van der Waals surface area contributed by atoms with E-state index in [1.165, 1.54) is 12.1 Å². The second kappa shape index (κ2) is 2.92. The third kappa shape index (κ3) is 1.92. The topological polar surface area (TPSA) is 60.7 Å². The highest BCUT2D eigenvalue weighted by Crippen LogP contribution is 2.33. The molecule has 1 aromatic rings. The van der Waals surface area contributed by atoms with Crippen molar-refractivity contribution in [2.24, 2.45) is 0 Å². The van der Waals surface area contributed by atoms with Gasteiger partial charge in [0.05, 0.1) is 5.60 Å². The molecule has 3 nitrogen and oxygen atoms in total. The van der Waals surface area contributed by atoms with Crippen LogP contribution < -0.4 is 0 Å². The van der Waals surface area contributed by atoms with E-state index in [0.717, 1.165) is 0 Å². The van der Waals surface area contributed by atoms with Gasteiger partial charge in [-0.05, 0) is 38.5 Å². The highest BCUT2D eigenvalue weighted by atomic mass is 16.3. The molecule has 72 valence electrons. The van der Waals surface area contributed by atoms with Gasteiger partial charge >= 0.3 is 0 Å². The Balaban J connectivity index is 3.32. The van der Waals surface area contributed by atoms with E-state index in [0.29, 0.717) is 11.1 Å². The van der Waals surface area contributed by atoms with Gasteiger partial charge in [-0.15, -0.1) is 0 Å². The van der Waals surface area contributed by atoms with Crippen molar-refractivity contribution in [3.63, 3.8) is 0 Å². The first-order valence-corrected chi connectivity index (χ1v) is 4.08. The lowest BCUT2D eigenvalue weighted by Gasteiger charge is -2.19. The summed E-state index contributed by atoms with van der Waals surface area (Å²) in [5.74, 6) is 0.0812. The van der Waals surface area contributed by atoms with Gasteiger partial charge < -0.3 is 15.3 Å². The van der Waals surface area contributed by atoms with Crippen LogP contribution in [0.2, 0.25) is 0 Å². The summed E-state index contributed by atoms with van der Waals surface area (Å²) in [6.07, 6.45) is 0. The lowest BCUT2D eigenvalue weighted by Crippen LogP contribution is -2.15. The van der Waals surface area contributed by atoms with Crippen molar-refractivity contribution in [2.75, 3.05) is 0 Å². The number of phenols is 2. The molecule has 0 saturated carbocycles. The second-order valence-corrected chi connectivity index (χ2v) is 3.71. The maximum Gasteiger partial charge on any atom is 0.122 e. The van der Waals surface area contributed by atoms with Gasteiger partial charge in [-0.25, -0.2) is 0 Å². The van der Waals surface area contributed by atoms with Crippen molar-refractivity contribution in [3.05, 3.63) is 23.3 Å². The zero-order chi connectivity index (χ0) is 10.2. The smallest absolute Gasteiger partial charge is 0.122 e. The van der Waals surface area contributed by atoms with Crippen LogP contribution in [0.3, 0.4) is 0 Å². The van der Waals surface area contributed by atoms with E-state index in [1.807, 2.05) is 0 Å². The van der Waals surface area contributed by atoms with Crippen molar-refractivity contribution in [1.82, 2.24) is 0 Å². The minimum atomic E-state index is -1.14. The molecule has 3 heteroatoms. The fraction of sp³-hybridized carbons (Fsp3) is 0.400. The molecular formula is C10H14O3. The van der Waals surface area contributed by atoms with Gasteiger partial charge in [0.2, 0.25) is 0 Å². The number of aliphatic hydroxyl groups is 1. The Morgan fingerprint density at radius 1 is 1.08 bits per heavy atom. The highest BCUT2D eigenvalue weighted by Gasteiger charge is 2.21. The summed E-state index contributed by atoms with van der Waals surface area (Å²) in [5.41, 5.74) is -0.226. The molecule has 3 N–H and O–H groups in total. The van der Waals surface area contributed by atoms with Crippen LogP contribution in [0, 0.1) is 6.92 Å². The third-order valence-electron chi connectivity index (χ3n) is 1.97. The minimum absolute atomic E-state index is 0.00259. The lowest BCUT2D eigenvalue weighted by atomic mass is 9.96. The van der Waals surface area contributed by atoms with Crippen molar-refractivity contribution >= 4 is 0 Å². The fourth-order valence-corrected chi connectivity index (χ4v) is 1.17. The molecule has 0 amide bonds. The van der Waals surface area contributed by atoms with Gasteiger partial charge in [-0.3, -0.25) is 0 Å². The van der Waals surface area contributed by atoms with Crippen LogP contribution >= 0.6 is 0 Å². The molecule has 0 heterocycles. The first kappa shape index (κ1) is 9.86. The molecule has 1 aromatic carbocycles. The quantitative estimate of drug-likeness (QED) is 0.578. The van der Waals surface area contributed by atoms with E-state index in [-0.39, 0.29) is 11.5 Å². The largest absolute Gasteiger partial charge is 0.508 e. The standard InChI is InChI=1S/C10H14O3/c1-6-4-9(12)7(5-8(6)11)10(2,3)13/h4-5,11-13H,1-3H3. The molecule has 0 aliphatic rings. The van der Waals surface area contributed by atoms with E-state index < -0.39 is 5.60 Å². The number of aromatic hydroxyl groups is 2. The third-order valence-corrected chi connectivity index (χ3v) is 1.97. The van der Waals surface area contributed by atoms with Gasteiger partial charge in [-0.1, -0.05) is 0 Å². The lowest BCUT2D eigenvalue weighted by molar-refractivity contribution is 0.0755. The summed E-state index contributed by atoms with van der Waals surface area (Å²) in [5, 5.41) is 28.5. The van der Waals surface area contributed by atoms with Crippen molar-refractivity contribution < 1.29 is 15.3 Å². The SMILES string of the molecule is Cc1cc(O)c(C(C)(C)O)cc1O. The van der Waals surface area contributed by atoms with Crippen molar-refractivity contribution in [1.29, 1.82) is 0 Å². The van der Waals surface area contributed by atoms with Crippen LogP contribution in [-0.2, 0) is 5.60 Å². The van der Waals surface area contributed by atoms with Gasteiger partial charge in [0.25, 0.3) is 0 Å². The van der Waals surface area contributed by atoms with Crippen LogP contribution in [-0.4, -0.2) is 15.3 Å². The normalized spacial score (nSPS) is 11.7. The number of phenolic OH excluding ortho intramolecular Hbond substituents is 2. The Kier molecular flexibility index (Phi) is 2.22. The summed E-state index contributed by atoms with van der Waals surface area (Å²) < 4.78 is 0. The number of hydrogen-bond donors (Lipinski definition) is 3. The van der Waals surface area contributed by atoms with Gasteiger partial charge in [0.1, 0.15) is 11.5 Å². The molecule has 0 unspecified atom stereocenters. The fourth-order valence-electron chi connectivity index (χ4n) is 1.17. The Labute approximate surface area is 77.3 Å². The number of aryl methyl sites for hydroxylation is 1. The van der Waals surface area contributed by atoms with Crippen LogP contribution in [0.25, 0.3) is 0 Å². The first-order chi connectivity index (χ1) is 5.82. The van der Waals surface area contributed by atoms with E-state index in [2.05, 4.69) is 0 Å². The highest BCUT2D eigenvalue weighted by molar-refractivity contribution is 5.46. The molecule has 0 aliphatic carbocycles. The predicted molar refractivity (Wildman–Crippen MR) is 49.8 cm³/mol. The monoisotopic (exact) mass is 182 g/mol. The van der Waals surface area contributed by atoms with Crippen LogP contribution in [0.5, 0.6) is 11.5 Å². The molecule has 0 bridgehead atoms. The summed E-state index contributed by atoms with van der Waals surface area (Å²) >= 11 is 0. The molecular weight excluding hydrogens is 168 g/mol. The summed E-state index contributed by atoms with van der Waals surface area (Å²) in [6, 6.07) is 2.81. The van der Waals surface area contributed by atoms with Crippen LogP contribution in [0.15, 0.2) is 12.1 Å². The van der Waals surface area contributed by atoms with E-state index in [4.69, 9.17) is 0 Å². The summed E-state index contributed by atoms with van der Waals surface area (Å²) in [6.45, 7) is 4.79. The van der Waals surface area contributed by atoms with Gasteiger partial charge in [0, 0.05) is 5.56 Å². The van der Waals surface area contributed by atoms with Crippen LogP contribution in [0.4, 0.5) is 0 Å². The molecule has 0 fully saturated rings. The van der Waals surface area contributed by atoms with E-state index in [1.54, 1.807) is 20.8 Å². The van der Waals surface area contributed by atoms with E-state index in [9.17, 15) is 15.3 Å². The van der Waals surface area contributed by atoms with Gasteiger partial charge in [0.15, 0.2) is 0 Å². The van der Waals surface area contributed by atoms with Crippen LogP contribution in [0.1, 0.15) is 25.0 Å². The average molecular weight is 182 g/mol. The summed E-state index contributed by atoms with van der Waals surface area (Å²) in [4.78, 5) is 0. The first-order valence-electron chi connectivity index (χ1n) is 4.08. The molecule has 0 spiro atoms. The zero-order valence-electron chi connectivity index (χ0n) is 8.00. The maximum absolute atomic E-state index is 9.61. The Morgan fingerprint density at radius 2 is 1.62 bits per heavy atom. The van der Waals surface area contributed by atoms with Crippen molar-refractivity contribution in [3.8, 4) is 11.5 Å². The number of benzene rings is 1.